The van der Waals surface area contributed by atoms with Gasteiger partial charge in [-0.2, -0.15) is 0 Å². The molecule has 13 heteroatoms. The predicted octanol–water partition coefficient (Wildman–Crippen LogP) is -1.11. The summed E-state index contributed by atoms with van der Waals surface area (Å²) in [5.41, 5.74) is 5.78. The van der Waals surface area contributed by atoms with Crippen LogP contribution in [0.15, 0.2) is 0 Å². The number of carboxylic acids is 3. The summed E-state index contributed by atoms with van der Waals surface area (Å²) in [7, 11) is 0. The summed E-state index contributed by atoms with van der Waals surface area (Å²) in [4.78, 5) is 70.8. The van der Waals surface area contributed by atoms with Crippen LogP contribution in [0.2, 0.25) is 0 Å². The Balaban J connectivity index is 5.43. The van der Waals surface area contributed by atoms with Gasteiger partial charge < -0.3 is 37.0 Å². The van der Waals surface area contributed by atoms with E-state index in [0.29, 0.717) is 6.42 Å². The number of nitrogens with one attached hydrogen (secondary N) is 3. The lowest BCUT2D eigenvalue weighted by Gasteiger charge is -2.26. The molecule has 188 valence electrons. The SMILES string of the molecule is CC(C)CC(N)C(=O)NC(CC(=O)O)C(=O)NC(C(=O)NC(CCC(=O)O)C(=O)O)C(C)C. The zero-order valence-corrected chi connectivity index (χ0v) is 19.2. The second-order valence-electron chi connectivity index (χ2n) is 8.46. The molecule has 0 aromatic heterocycles. The standard InChI is InChI=1S/C20H34N4O9/c1-9(2)7-11(21)17(29)23-13(8-15(27)28)18(30)24-16(10(3)4)19(31)22-12(20(32)33)5-6-14(25)26/h9-13,16H,5-8,21H2,1-4H3,(H,22,31)(H,23,29)(H,24,30)(H,25,26)(H,27,28)(H,32,33). The minimum Gasteiger partial charge on any atom is -0.481 e. The first-order chi connectivity index (χ1) is 15.1. The molecule has 4 unspecified atom stereocenters. The topological polar surface area (TPSA) is 225 Å². The van der Waals surface area contributed by atoms with E-state index in [1.807, 2.05) is 13.8 Å². The summed E-state index contributed by atoms with van der Waals surface area (Å²) in [6.07, 6.45) is -1.34. The van der Waals surface area contributed by atoms with Gasteiger partial charge in [-0.15, -0.1) is 0 Å². The number of hydrogen-bond donors (Lipinski definition) is 7. The molecule has 0 radical (unpaired) electrons. The first kappa shape index (κ1) is 29.8. The van der Waals surface area contributed by atoms with Crippen LogP contribution in [0.3, 0.4) is 0 Å². The molecule has 0 aromatic rings. The maximum absolute atomic E-state index is 12.7. The van der Waals surface area contributed by atoms with Crippen LogP contribution in [0.4, 0.5) is 0 Å². The van der Waals surface area contributed by atoms with Crippen molar-refractivity contribution in [2.24, 2.45) is 17.6 Å². The fourth-order valence-corrected chi connectivity index (χ4v) is 2.85. The molecule has 0 heterocycles. The second kappa shape index (κ2) is 14.0. The average molecular weight is 475 g/mol. The van der Waals surface area contributed by atoms with Gasteiger partial charge in [-0.25, -0.2) is 4.79 Å². The zero-order chi connectivity index (χ0) is 25.9. The molecule has 0 aromatic carbocycles. The van der Waals surface area contributed by atoms with Crippen molar-refractivity contribution in [3.8, 4) is 0 Å². The van der Waals surface area contributed by atoms with Gasteiger partial charge in [-0.1, -0.05) is 27.7 Å². The van der Waals surface area contributed by atoms with Crippen molar-refractivity contribution in [1.29, 1.82) is 0 Å². The normalized spacial score (nSPS) is 14.6. The van der Waals surface area contributed by atoms with Crippen molar-refractivity contribution in [3.63, 3.8) is 0 Å². The molecule has 0 aliphatic rings. The molecule has 0 bridgehead atoms. The Morgan fingerprint density at radius 2 is 1.30 bits per heavy atom. The van der Waals surface area contributed by atoms with Gasteiger partial charge in [-0.3, -0.25) is 24.0 Å². The molecule has 8 N–H and O–H groups in total. The Hall–Kier alpha value is -3.22. The van der Waals surface area contributed by atoms with Crippen molar-refractivity contribution in [3.05, 3.63) is 0 Å². The lowest BCUT2D eigenvalue weighted by molar-refractivity contribution is -0.144. The molecular weight excluding hydrogens is 440 g/mol. The lowest BCUT2D eigenvalue weighted by atomic mass is 10.0. The number of amides is 3. The number of hydrogen-bond acceptors (Lipinski definition) is 7. The van der Waals surface area contributed by atoms with Crippen molar-refractivity contribution in [2.75, 3.05) is 0 Å². The van der Waals surface area contributed by atoms with E-state index < -0.39 is 78.6 Å². The van der Waals surface area contributed by atoms with E-state index in [-0.39, 0.29) is 12.3 Å². The van der Waals surface area contributed by atoms with Gasteiger partial charge in [0.2, 0.25) is 17.7 Å². The highest BCUT2D eigenvalue weighted by Crippen LogP contribution is 2.08. The third-order valence-corrected chi connectivity index (χ3v) is 4.58. The molecule has 0 spiro atoms. The van der Waals surface area contributed by atoms with E-state index >= 15 is 0 Å². The number of rotatable bonds is 15. The highest BCUT2D eigenvalue weighted by atomic mass is 16.4. The highest BCUT2D eigenvalue weighted by Gasteiger charge is 2.33. The van der Waals surface area contributed by atoms with E-state index in [2.05, 4.69) is 16.0 Å². The number of nitrogens with two attached hydrogens (primary N) is 1. The Labute approximate surface area is 191 Å². The molecule has 0 fully saturated rings. The zero-order valence-electron chi connectivity index (χ0n) is 19.2. The fourth-order valence-electron chi connectivity index (χ4n) is 2.85. The lowest BCUT2D eigenvalue weighted by Crippen LogP contribution is -2.58. The Bertz CT molecular complexity index is 739. The van der Waals surface area contributed by atoms with Crippen LogP contribution in [-0.2, 0) is 28.8 Å². The van der Waals surface area contributed by atoms with Gasteiger partial charge in [-0.05, 0) is 24.7 Å². The van der Waals surface area contributed by atoms with Crippen LogP contribution >= 0.6 is 0 Å². The largest absolute Gasteiger partial charge is 0.481 e. The van der Waals surface area contributed by atoms with Crippen LogP contribution in [0.1, 0.15) is 53.4 Å². The Morgan fingerprint density at radius 1 is 0.758 bits per heavy atom. The maximum Gasteiger partial charge on any atom is 0.326 e. The summed E-state index contributed by atoms with van der Waals surface area (Å²) in [6, 6.07) is -5.27. The van der Waals surface area contributed by atoms with Gasteiger partial charge in [0.05, 0.1) is 12.5 Å². The fraction of sp³-hybridized carbons (Fsp3) is 0.700. The van der Waals surface area contributed by atoms with Crippen LogP contribution in [0.25, 0.3) is 0 Å². The van der Waals surface area contributed by atoms with E-state index in [1.165, 1.54) is 0 Å². The summed E-state index contributed by atoms with van der Waals surface area (Å²) in [5.74, 6) is -7.13. The molecular formula is C20H34N4O9. The average Bonchev–Trinajstić information content (AvgIpc) is 2.66. The molecule has 4 atom stereocenters. The maximum atomic E-state index is 12.7. The highest BCUT2D eigenvalue weighted by molar-refractivity contribution is 5.95. The van der Waals surface area contributed by atoms with Crippen LogP contribution < -0.4 is 21.7 Å². The van der Waals surface area contributed by atoms with Crippen molar-refractivity contribution < 1.29 is 44.1 Å². The quantitative estimate of drug-likeness (QED) is 0.151. The van der Waals surface area contributed by atoms with Gasteiger partial charge in [0.1, 0.15) is 18.1 Å². The molecule has 0 rings (SSSR count). The first-order valence-corrected chi connectivity index (χ1v) is 10.5. The minimum absolute atomic E-state index is 0.0785. The van der Waals surface area contributed by atoms with Crippen molar-refractivity contribution in [1.82, 2.24) is 16.0 Å². The summed E-state index contributed by atoms with van der Waals surface area (Å²) in [5, 5.41) is 33.9. The van der Waals surface area contributed by atoms with Gasteiger partial charge >= 0.3 is 17.9 Å². The van der Waals surface area contributed by atoms with E-state index in [9.17, 15) is 33.9 Å². The molecule has 0 aliphatic heterocycles. The van der Waals surface area contributed by atoms with E-state index in [4.69, 9.17) is 15.9 Å². The van der Waals surface area contributed by atoms with Crippen LogP contribution in [-0.4, -0.2) is 75.1 Å². The Kier molecular flexibility index (Phi) is 12.7. The van der Waals surface area contributed by atoms with Gasteiger partial charge in [0, 0.05) is 6.42 Å². The summed E-state index contributed by atoms with van der Waals surface area (Å²) < 4.78 is 0. The minimum atomic E-state index is -1.52. The second-order valence-corrected chi connectivity index (χ2v) is 8.46. The number of carboxylic acid groups (broad SMARTS) is 3. The molecule has 33 heavy (non-hydrogen) atoms. The Morgan fingerprint density at radius 3 is 1.73 bits per heavy atom. The molecule has 0 aliphatic carbocycles. The third-order valence-electron chi connectivity index (χ3n) is 4.58. The van der Waals surface area contributed by atoms with Crippen LogP contribution in [0, 0.1) is 11.8 Å². The molecule has 0 saturated heterocycles. The van der Waals surface area contributed by atoms with Crippen molar-refractivity contribution in [2.45, 2.75) is 77.5 Å². The predicted molar refractivity (Wildman–Crippen MR) is 115 cm³/mol. The monoisotopic (exact) mass is 474 g/mol. The first-order valence-electron chi connectivity index (χ1n) is 10.5. The van der Waals surface area contributed by atoms with Gasteiger partial charge in [0.15, 0.2) is 0 Å². The van der Waals surface area contributed by atoms with Crippen LogP contribution in [0.5, 0.6) is 0 Å². The van der Waals surface area contributed by atoms with Gasteiger partial charge in [0.25, 0.3) is 0 Å². The third kappa shape index (κ3) is 11.8. The molecule has 3 amide bonds. The number of carbonyl (C=O) groups is 6. The van der Waals surface area contributed by atoms with E-state index in [0.717, 1.165) is 0 Å². The summed E-state index contributed by atoms with van der Waals surface area (Å²) in [6.45, 7) is 6.78. The number of carbonyl (C=O) groups excluding carboxylic acids is 3. The smallest absolute Gasteiger partial charge is 0.326 e. The number of aliphatic carboxylic acids is 3. The summed E-state index contributed by atoms with van der Waals surface area (Å²) >= 11 is 0. The molecule has 13 nitrogen and oxygen atoms in total. The van der Waals surface area contributed by atoms with E-state index in [1.54, 1.807) is 13.8 Å². The molecule has 0 saturated carbocycles. The van der Waals surface area contributed by atoms with Crippen molar-refractivity contribution >= 4 is 35.6 Å².